The van der Waals surface area contributed by atoms with Crippen LogP contribution in [0.5, 0.6) is 0 Å². The van der Waals surface area contributed by atoms with Crippen molar-refractivity contribution in [3.05, 3.63) is 34.9 Å². The number of anilines is 2. The maximum Gasteiger partial charge on any atom is 0.151 e. The summed E-state index contributed by atoms with van der Waals surface area (Å²) < 4.78 is 0. The number of aromatic nitrogens is 4. The molecule has 0 spiro atoms. The van der Waals surface area contributed by atoms with Crippen LogP contribution >= 0.6 is 0 Å². The van der Waals surface area contributed by atoms with E-state index in [-0.39, 0.29) is 0 Å². The van der Waals surface area contributed by atoms with E-state index in [2.05, 4.69) is 42.5 Å². The summed E-state index contributed by atoms with van der Waals surface area (Å²) in [4.78, 5) is 11.5. The van der Waals surface area contributed by atoms with Crippen molar-refractivity contribution in [3.63, 3.8) is 0 Å². The predicted molar refractivity (Wildman–Crippen MR) is 97.0 cm³/mol. The number of hydrogen-bond acceptors (Lipinski definition) is 6. The molecule has 0 bridgehead atoms. The van der Waals surface area contributed by atoms with E-state index in [1.54, 1.807) is 0 Å². The lowest BCUT2D eigenvalue weighted by molar-refractivity contribution is 0.425. The molecule has 6 nitrogen and oxygen atoms in total. The average Bonchev–Trinajstić information content (AvgIpc) is 3.32. The highest BCUT2D eigenvalue weighted by Gasteiger charge is 2.30. The second kappa shape index (κ2) is 5.93. The van der Waals surface area contributed by atoms with Gasteiger partial charge < -0.3 is 10.2 Å². The Kier molecular flexibility index (Phi) is 3.57. The Hall–Kier alpha value is -2.24. The van der Waals surface area contributed by atoms with E-state index in [1.807, 2.05) is 6.92 Å². The minimum absolute atomic E-state index is 0.636. The van der Waals surface area contributed by atoms with E-state index >= 15 is 0 Å². The van der Waals surface area contributed by atoms with Gasteiger partial charge in [-0.25, -0.2) is 9.97 Å². The van der Waals surface area contributed by atoms with Gasteiger partial charge in [0.25, 0.3) is 0 Å². The zero-order valence-electron chi connectivity index (χ0n) is 14.7. The van der Waals surface area contributed by atoms with E-state index in [1.165, 1.54) is 30.5 Å². The number of nitrogens with one attached hydrogen (secondary N) is 1. The predicted octanol–water partition coefficient (Wildman–Crippen LogP) is 2.49. The SMILES string of the molecule is Cc1nc2c(c(NCC3CN(c4ccc(C5CC5)nn4)C3)n1)CCC2. The Bertz CT molecular complexity index is 777. The van der Waals surface area contributed by atoms with Crippen molar-refractivity contribution < 1.29 is 0 Å². The van der Waals surface area contributed by atoms with Gasteiger partial charge in [-0.15, -0.1) is 5.10 Å². The highest BCUT2D eigenvalue weighted by molar-refractivity contribution is 5.49. The van der Waals surface area contributed by atoms with Gasteiger partial charge in [-0.3, -0.25) is 0 Å². The zero-order chi connectivity index (χ0) is 16.8. The van der Waals surface area contributed by atoms with Crippen LogP contribution in [0.2, 0.25) is 0 Å². The van der Waals surface area contributed by atoms with Gasteiger partial charge in [0.05, 0.1) is 5.69 Å². The molecule has 130 valence electrons. The van der Waals surface area contributed by atoms with Gasteiger partial charge >= 0.3 is 0 Å². The van der Waals surface area contributed by atoms with Gasteiger partial charge in [0.15, 0.2) is 5.82 Å². The van der Waals surface area contributed by atoms with Crippen molar-refractivity contribution in [2.75, 3.05) is 29.9 Å². The van der Waals surface area contributed by atoms with Gasteiger partial charge in [0.2, 0.25) is 0 Å². The Morgan fingerprint density at radius 3 is 2.76 bits per heavy atom. The van der Waals surface area contributed by atoms with Crippen LogP contribution in [-0.4, -0.2) is 39.8 Å². The fourth-order valence-corrected chi connectivity index (χ4v) is 3.93. The van der Waals surface area contributed by atoms with Crippen LogP contribution in [0.25, 0.3) is 0 Å². The third kappa shape index (κ3) is 2.94. The lowest BCUT2D eigenvalue weighted by atomic mass is 10.00. The molecule has 0 aromatic carbocycles. The maximum atomic E-state index is 4.63. The van der Waals surface area contributed by atoms with E-state index in [0.29, 0.717) is 11.8 Å². The topological polar surface area (TPSA) is 66.8 Å². The largest absolute Gasteiger partial charge is 0.369 e. The molecule has 25 heavy (non-hydrogen) atoms. The second-order valence-corrected chi connectivity index (χ2v) is 7.64. The maximum absolute atomic E-state index is 4.63. The third-order valence-corrected chi connectivity index (χ3v) is 5.55. The Labute approximate surface area is 148 Å². The van der Waals surface area contributed by atoms with Crippen molar-refractivity contribution in [2.45, 2.75) is 44.9 Å². The molecule has 0 amide bonds. The molecular weight excluding hydrogens is 312 g/mol. The summed E-state index contributed by atoms with van der Waals surface area (Å²) in [6, 6.07) is 4.28. The summed E-state index contributed by atoms with van der Waals surface area (Å²) in [5.74, 6) is 4.26. The lowest BCUT2D eigenvalue weighted by Crippen LogP contribution is -2.50. The van der Waals surface area contributed by atoms with Crippen molar-refractivity contribution in [1.29, 1.82) is 0 Å². The Morgan fingerprint density at radius 1 is 1.12 bits per heavy atom. The van der Waals surface area contributed by atoms with Crippen molar-refractivity contribution >= 4 is 11.6 Å². The number of rotatable bonds is 5. The molecule has 2 aliphatic carbocycles. The normalized spacial score (nSPS) is 19.6. The van der Waals surface area contributed by atoms with Gasteiger partial charge in [0.1, 0.15) is 11.6 Å². The van der Waals surface area contributed by atoms with E-state index < -0.39 is 0 Å². The van der Waals surface area contributed by atoms with Crippen LogP contribution in [0.15, 0.2) is 12.1 Å². The molecule has 1 N–H and O–H groups in total. The number of fused-ring (bicyclic) bond motifs is 1. The van der Waals surface area contributed by atoms with Crippen LogP contribution < -0.4 is 10.2 Å². The highest BCUT2D eigenvalue weighted by Crippen LogP contribution is 2.39. The fraction of sp³-hybridized carbons (Fsp3) is 0.579. The Morgan fingerprint density at radius 2 is 2.00 bits per heavy atom. The third-order valence-electron chi connectivity index (χ3n) is 5.55. The number of nitrogens with zero attached hydrogens (tertiary/aromatic N) is 5. The molecule has 2 aromatic heterocycles. The van der Waals surface area contributed by atoms with Crippen LogP contribution in [-0.2, 0) is 12.8 Å². The van der Waals surface area contributed by atoms with E-state index in [0.717, 1.165) is 55.6 Å². The van der Waals surface area contributed by atoms with Gasteiger partial charge in [-0.05, 0) is 51.2 Å². The monoisotopic (exact) mass is 336 g/mol. The number of aryl methyl sites for hydroxylation is 2. The van der Waals surface area contributed by atoms with Crippen molar-refractivity contribution in [2.24, 2.45) is 5.92 Å². The summed E-state index contributed by atoms with van der Waals surface area (Å²) in [5.41, 5.74) is 3.75. The van der Waals surface area contributed by atoms with Gasteiger partial charge in [-0.1, -0.05) is 0 Å². The minimum atomic E-state index is 0.636. The molecule has 5 rings (SSSR count). The number of hydrogen-bond donors (Lipinski definition) is 1. The van der Waals surface area contributed by atoms with Crippen molar-refractivity contribution in [3.8, 4) is 0 Å². The molecule has 2 aromatic rings. The second-order valence-electron chi connectivity index (χ2n) is 7.64. The molecule has 1 saturated carbocycles. The molecule has 1 saturated heterocycles. The first-order valence-corrected chi connectivity index (χ1v) is 9.45. The average molecular weight is 336 g/mol. The molecule has 0 unspecified atom stereocenters. The highest BCUT2D eigenvalue weighted by atomic mass is 15.3. The van der Waals surface area contributed by atoms with Crippen molar-refractivity contribution in [1.82, 2.24) is 20.2 Å². The van der Waals surface area contributed by atoms with Crippen LogP contribution in [0, 0.1) is 12.8 Å². The summed E-state index contributed by atoms with van der Waals surface area (Å²) in [6.45, 7) is 5.03. The molecule has 3 heterocycles. The van der Waals surface area contributed by atoms with Gasteiger partial charge in [-0.2, -0.15) is 5.10 Å². The summed E-state index contributed by atoms with van der Waals surface area (Å²) in [5, 5.41) is 12.4. The lowest BCUT2D eigenvalue weighted by Gasteiger charge is -2.40. The quantitative estimate of drug-likeness (QED) is 0.905. The molecule has 0 atom stereocenters. The smallest absolute Gasteiger partial charge is 0.151 e. The minimum Gasteiger partial charge on any atom is -0.369 e. The van der Waals surface area contributed by atoms with Crippen LogP contribution in [0.4, 0.5) is 11.6 Å². The fourth-order valence-electron chi connectivity index (χ4n) is 3.93. The molecule has 2 fully saturated rings. The molecule has 1 aliphatic heterocycles. The first kappa shape index (κ1) is 15.0. The summed E-state index contributed by atoms with van der Waals surface area (Å²) in [7, 11) is 0. The summed E-state index contributed by atoms with van der Waals surface area (Å²) in [6.07, 6.45) is 5.96. The molecule has 3 aliphatic rings. The first-order chi connectivity index (χ1) is 12.3. The Balaban J connectivity index is 1.17. The summed E-state index contributed by atoms with van der Waals surface area (Å²) >= 11 is 0. The first-order valence-electron chi connectivity index (χ1n) is 9.45. The molecular formula is C19H24N6. The molecule has 0 radical (unpaired) electrons. The van der Waals surface area contributed by atoms with Gasteiger partial charge in [0, 0.05) is 42.7 Å². The van der Waals surface area contributed by atoms with Crippen LogP contribution in [0.1, 0.15) is 48.0 Å². The molecule has 6 heteroatoms. The van der Waals surface area contributed by atoms with E-state index in [4.69, 9.17) is 0 Å². The zero-order valence-corrected chi connectivity index (χ0v) is 14.7. The standard InChI is InChI=1S/C19H24N6/c1-12-21-17-4-2-3-15(17)19(22-12)20-9-13-10-25(11-13)18-8-7-16(23-24-18)14-5-6-14/h7-8,13-14H,2-6,9-11H2,1H3,(H,20,21,22). The van der Waals surface area contributed by atoms with E-state index in [9.17, 15) is 0 Å². The van der Waals surface area contributed by atoms with Crippen LogP contribution in [0.3, 0.4) is 0 Å².